The molecule has 13 heavy (non-hydrogen) atoms. The molecule has 1 heterocycles. The van der Waals surface area contributed by atoms with Gasteiger partial charge < -0.3 is 15.1 Å². The fourth-order valence-corrected chi connectivity index (χ4v) is 0.905. The fourth-order valence-electron chi connectivity index (χ4n) is 0.905. The summed E-state index contributed by atoms with van der Waals surface area (Å²) in [5.74, 6) is 0.686. The van der Waals surface area contributed by atoms with Gasteiger partial charge in [0.25, 0.3) is 0 Å². The third-order valence-corrected chi connectivity index (χ3v) is 1.69. The van der Waals surface area contributed by atoms with E-state index < -0.39 is 0 Å². The molecule has 0 atom stereocenters. The van der Waals surface area contributed by atoms with Gasteiger partial charge in [0.15, 0.2) is 5.82 Å². The highest BCUT2D eigenvalue weighted by molar-refractivity contribution is 5.35. The van der Waals surface area contributed by atoms with Crippen LogP contribution in [0.1, 0.15) is 5.69 Å². The van der Waals surface area contributed by atoms with E-state index in [1.807, 2.05) is 7.05 Å². The van der Waals surface area contributed by atoms with Gasteiger partial charge in [0.1, 0.15) is 0 Å². The molecule has 0 saturated heterocycles. The Morgan fingerprint density at radius 1 is 1.31 bits per heavy atom. The Bertz CT molecular complexity index is 250. The van der Waals surface area contributed by atoms with E-state index in [9.17, 15) is 0 Å². The monoisotopic (exact) mass is 183 g/mol. The first-order chi connectivity index (χ1) is 6.27. The van der Waals surface area contributed by atoms with E-state index in [0.717, 1.165) is 0 Å². The molecule has 2 N–H and O–H groups in total. The van der Waals surface area contributed by atoms with Crippen LogP contribution in [0, 0.1) is 0 Å². The maximum absolute atomic E-state index is 8.71. The second-order valence-electron chi connectivity index (χ2n) is 2.69. The average Bonchev–Trinajstić information content (AvgIpc) is 2.18. The SMILES string of the molecule is CN(CCO)c1ccc(CO)nn1. The molecule has 0 spiro atoms. The number of nitrogens with zero attached hydrogens (tertiary/aromatic N) is 3. The zero-order chi connectivity index (χ0) is 9.68. The van der Waals surface area contributed by atoms with E-state index in [0.29, 0.717) is 18.1 Å². The predicted molar refractivity (Wildman–Crippen MR) is 48.3 cm³/mol. The van der Waals surface area contributed by atoms with Crippen molar-refractivity contribution in [2.75, 3.05) is 25.1 Å². The van der Waals surface area contributed by atoms with Crippen LogP contribution in [0.2, 0.25) is 0 Å². The molecular formula is C8H13N3O2. The van der Waals surface area contributed by atoms with Crippen molar-refractivity contribution in [1.82, 2.24) is 10.2 Å². The molecule has 0 saturated carbocycles. The summed E-state index contributed by atoms with van der Waals surface area (Å²) in [6.07, 6.45) is 0. The highest BCUT2D eigenvalue weighted by atomic mass is 16.3. The van der Waals surface area contributed by atoms with Crippen molar-refractivity contribution in [1.29, 1.82) is 0 Å². The lowest BCUT2D eigenvalue weighted by molar-refractivity contribution is 0.275. The Balaban J connectivity index is 2.67. The van der Waals surface area contributed by atoms with Gasteiger partial charge in [0.2, 0.25) is 0 Å². The summed E-state index contributed by atoms with van der Waals surface area (Å²) in [7, 11) is 1.82. The standard InChI is InChI=1S/C8H13N3O2/c1-11(4-5-12)8-3-2-7(6-13)9-10-8/h2-3,12-13H,4-6H2,1H3. The van der Waals surface area contributed by atoms with Gasteiger partial charge in [-0.15, -0.1) is 5.10 Å². The Hall–Kier alpha value is -1.20. The Morgan fingerprint density at radius 2 is 2.08 bits per heavy atom. The summed E-state index contributed by atoms with van der Waals surface area (Å²) in [6.45, 7) is 0.504. The van der Waals surface area contributed by atoms with Crippen LogP contribution in [-0.4, -0.2) is 40.6 Å². The molecule has 0 amide bonds. The van der Waals surface area contributed by atoms with Crippen LogP contribution in [0.5, 0.6) is 0 Å². The summed E-state index contributed by atoms with van der Waals surface area (Å²) < 4.78 is 0. The maximum atomic E-state index is 8.71. The number of hydrogen-bond donors (Lipinski definition) is 2. The third kappa shape index (κ3) is 2.64. The quantitative estimate of drug-likeness (QED) is 0.652. The fraction of sp³-hybridized carbons (Fsp3) is 0.500. The van der Waals surface area contributed by atoms with Crippen molar-refractivity contribution < 1.29 is 10.2 Å². The number of anilines is 1. The van der Waals surface area contributed by atoms with Crippen molar-refractivity contribution in [3.8, 4) is 0 Å². The van der Waals surface area contributed by atoms with Crippen molar-refractivity contribution in [2.24, 2.45) is 0 Å². The van der Waals surface area contributed by atoms with E-state index in [1.54, 1.807) is 17.0 Å². The second kappa shape index (κ2) is 4.74. The second-order valence-corrected chi connectivity index (χ2v) is 2.69. The highest BCUT2D eigenvalue weighted by Crippen LogP contribution is 2.06. The number of likely N-dealkylation sites (N-methyl/N-ethyl adjacent to an activating group) is 1. The molecule has 72 valence electrons. The Morgan fingerprint density at radius 3 is 2.54 bits per heavy atom. The lowest BCUT2D eigenvalue weighted by Gasteiger charge is -2.15. The molecule has 0 radical (unpaired) electrons. The predicted octanol–water partition coefficient (Wildman–Crippen LogP) is -0.603. The molecule has 0 aliphatic rings. The van der Waals surface area contributed by atoms with Crippen LogP contribution in [0.25, 0.3) is 0 Å². The first-order valence-electron chi connectivity index (χ1n) is 4.03. The zero-order valence-electron chi connectivity index (χ0n) is 7.51. The molecule has 0 aliphatic carbocycles. The minimum atomic E-state index is -0.100. The number of aliphatic hydroxyl groups excluding tert-OH is 2. The summed E-state index contributed by atoms with van der Waals surface area (Å²) in [5.41, 5.74) is 0.543. The molecular weight excluding hydrogens is 170 g/mol. The van der Waals surface area contributed by atoms with Gasteiger partial charge in [0.05, 0.1) is 18.9 Å². The number of rotatable bonds is 4. The normalized spacial score (nSPS) is 10.1. The minimum Gasteiger partial charge on any atom is -0.395 e. The van der Waals surface area contributed by atoms with Crippen LogP contribution >= 0.6 is 0 Å². The van der Waals surface area contributed by atoms with Crippen molar-refractivity contribution in [2.45, 2.75) is 6.61 Å². The average molecular weight is 183 g/mol. The summed E-state index contributed by atoms with van der Waals surface area (Å²) in [4.78, 5) is 1.79. The Kier molecular flexibility index (Phi) is 3.60. The first kappa shape index (κ1) is 9.88. The maximum Gasteiger partial charge on any atom is 0.151 e. The summed E-state index contributed by atoms with van der Waals surface area (Å²) in [6, 6.07) is 3.46. The van der Waals surface area contributed by atoms with Crippen LogP contribution < -0.4 is 4.90 Å². The van der Waals surface area contributed by atoms with Gasteiger partial charge >= 0.3 is 0 Å². The molecule has 5 nitrogen and oxygen atoms in total. The molecule has 1 aromatic rings. The first-order valence-corrected chi connectivity index (χ1v) is 4.03. The zero-order valence-corrected chi connectivity index (χ0v) is 7.51. The molecule has 0 aromatic carbocycles. The van der Waals surface area contributed by atoms with Gasteiger partial charge in [-0.2, -0.15) is 5.10 Å². The highest BCUT2D eigenvalue weighted by Gasteiger charge is 2.01. The van der Waals surface area contributed by atoms with E-state index in [2.05, 4.69) is 10.2 Å². The topological polar surface area (TPSA) is 69.5 Å². The van der Waals surface area contributed by atoms with Crippen molar-refractivity contribution in [3.05, 3.63) is 17.8 Å². The molecule has 0 bridgehead atoms. The number of aromatic nitrogens is 2. The smallest absolute Gasteiger partial charge is 0.151 e. The van der Waals surface area contributed by atoms with Gasteiger partial charge in [-0.3, -0.25) is 0 Å². The van der Waals surface area contributed by atoms with Crippen LogP contribution in [0.3, 0.4) is 0 Å². The minimum absolute atomic E-state index is 0.0833. The lowest BCUT2D eigenvalue weighted by atomic mass is 10.4. The van der Waals surface area contributed by atoms with Crippen LogP contribution in [-0.2, 0) is 6.61 Å². The summed E-state index contributed by atoms with van der Waals surface area (Å²) >= 11 is 0. The van der Waals surface area contributed by atoms with Gasteiger partial charge in [-0.25, -0.2) is 0 Å². The summed E-state index contributed by atoms with van der Waals surface area (Å²) in [5, 5.41) is 25.0. The van der Waals surface area contributed by atoms with Crippen molar-refractivity contribution >= 4 is 5.82 Å². The van der Waals surface area contributed by atoms with Gasteiger partial charge in [-0.1, -0.05) is 0 Å². The molecule has 0 fully saturated rings. The van der Waals surface area contributed by atoms with E-state index in [1.165, 1.54) is 0 Å². The van der Waals surface area contributed by atoms with Gasteiger partial charge in [-0.05, 0) is 12.1 Å². The van der Waals surface area contributed by atoms with Crippen LogP contribution in [0.4, 0.5) is 5.82 Å². The van der Waals surface area contributed by atoms with E-state index in [-0.39, 0.29) is 13.2 Å². The molecule has 1 rings (SSSR count). The Labute approximate surface area is 76.6 Å². The molecule has 1 aromatic heterocycles. The molecule has 0 aliphatic heterocycles. The molecule has 0 unspecified atom stereocenters. The van der Waals surface area contributed by atoms with Crippen molar-refractivity contribution in [3.63, 3.8) is 0 Å². The largest absolute Gasteiger partial charge is 0.395 e. The van der Waals surface area contributed by atoms with Crippen LogP contribution in [0.15, 0.2) is 12.1 Å². The number of aliphatic hydroxyl groups is 2. The van der Waals surface area contributed by atoms with Gasteiger partial charge in [0, 0.05) is 13.6 Å². The lowest BCUT2D eigenvalue weighted by Crippen LogP contribution is -2.22. The van der Waals surface area contributed by atoms with E-state index >= 15 is 0 Å². The third-order valence-electron chi connectivity index (χ3n) is 1.69. The molecule has 5 heteroatoms. The number of hydrogen-bond acceptors (Lipinski definition) is 5. The van der Waals surface area contributed by atoms with E-state index in [4.69, 9.17) is 10.2 Å².